The molecule has 1 heterocycles. The fourth-order valence-electron chi connectivity index (χ4n) is 3.81. The van der Waals surface area contributed by atoms with Crippen molar-refractivity contribution >= 4 is 11.6 Å². The van der Waals surface area contributed by atoms with Gasteiger partial charge in [0.15, 0.2) is 5.96 Å². The van der Waals surface area contributed by atoms with Crippen molar-refractivity contribution in [2.24, 2.45) is 10.9 Å². The number of ether oxygens (including phenoxy) is 1. The monoisotopic (exact) mass is 424 g/mol. The van der Waals surface area contributed by atoms with E-state index in [-0.39, 0.29) is 6.10 Å². The van der Waals surface area contributed by atoms with Crippen LogP contribution in [0.15, 0.2) is 59.6 Å². The van der Waals surface area contributed by atoms with Gasteiger partial charge in [-0.3, -0.25) is 4.99 Å². The molecule has 1 aliphatic rings. The number of hydrogen-bond acceptors (Lipinski definition) is 4. The summed E-state index contributed by atoms with van der Waals surface area (Å²) >= 11 is 0. The molecule has 0 aliphatic carbocycles. The Hall–Kier alpha value is -2.73. The highest BCUT2D eigenvalue weighted by Gasteiger charge is 2.22. The van der Waals surface area contributed by atoms with Crippen molar-refractivity contribution in [1.29, 1.82) is 0 Å². The number of nitrogens with zero attached hydrogens (tertiary/aromatic N) is 2. The molecular formula is C25H36N4O2. The Morgan fingerprint density at radius 1 is 1.16 bits per heavy atom. The van der Waals surface area contributed by atoms with Crippen LogP contribution in [0.3, 0.4) is 0 Å². The van der Waals surface area contributed by atoms with Crippen LogP contribution >= 0.6 is 0 Å². The zero-order valence-electron chi connectivity index (χ0n) is 18.9. The number of rotatable bonds is 9. The van der Waals surface area contributed by atoms with Crippen LogP contribution in [0.1, 0.15) is 38.9 Å². The maximum atomic E-state index is 10.6. The molecule has 0 amide bonds. The minimum atomic E-state index is -0.675. The molecule has 2 unspecified atom stereocenters. The Morgan fingerprint density at radius 2 is 1.97 bits per heavy atom. The van der Waals surface area contributed by atoms with Crippen molar-refractivity contribution in [3.63, 3.8) is 0 Å². The molecule has 168 valence electrons. The Labute approximate surface area is 186 Å². The van der Waals surface area contributed by atoms with Gasteiger partial charge >= 0.3 is 0 Å². The van der Waals surface area contributed by atoms with Gasteiger partial charge in [0.1, 0.15) is 5.75 Å². The average molecular weight is 425 g/mol. The number of aliphatic imine (C=N–C) groups is 1. The van der Waals surface area contributed by atoms with Gasteiger partial charge in [0.25, 0.3) is 0 Å². The van der Waals surface area contributed by atoms with Crippen LogP contribution in [-0.4, -0.2) is 49.9 Å². The molecule has 0 saturated carbocycles. The van der Waals surface area contributed by atoms with E-state index in [1.165, 1.54) is 5.69 Å². The van der Waals surface area contributed by atoms with Crippen LogP contribution in [0.4, 0.5) is 5.69 Å². The van der Waals surface area contributed by atoms with Gasteiger partial charge < -0.3 is 25.4 Å². The molecule has 6 nitrogen and oxygen atoms in total. The van der Waals surface area contributed by atoms with Gasteiger partial charge in [-0.2, -0.15) is 0 Å². The van der Waals surface area contributed by atoms with Gasteiger partial charge in [0.2, 0.25) is 0 Å². The maximum Gasteiger partial charge on any atom is 0.191 e. The summed E-state index contributed by atoms with van der Waals surface area (Å²) in [4.78, 5) is 7.05. The summed E-state index contributed by atoms with van der Waals surface area (Å²) in [6.45, 7) is 10.1. The Kier molecular flexibility index (Phi) is 8.59. The number of guanidine groups is 1. The molecule has 2 atom stereocenters. The van der Waals surface area contributed by atoms with Crippen LogP contribution in [0.25, 0.3) is 0 Å². The van der Waals surface area contributed by atoms with E-state index in [4.69, 9.17) is 4.74 Å². The quantitative estimate of drug-likeness (QED) is 0.424. The summed E-state index contributed by atoms with van der Waals surface area (Å²) in [7, 11) is 0. The molecule has 0 aromatic heterocycles. The van der Waals surface area contributed by atoms with Crippen LogP contribution in [-0.2, 0) is 0 Å². The highest BCUT2D eigenvalue weighted by atomic mass is 16.5. The number of anilines is 1. The SMILES string of the molecule is CCNC(=NCC(O)c1cccc(OC(C)C)c1)NCC1CCN(c2ccccc2)C1. The third kappa shape index (κ3) is 7.17. The Morgan fingerprint density at radius 3 is 2.71 bits per heavy atom. The van der Waals surface area contributed by atoms with E-state index in [0.29, 0.717) is 12.5 Å². The third-order valence-corrected chi connectivity index (χ3v) is 5.35. The molecule has 0 bridgehead atoms. The van der Waals surface area contributed by atoms with Gasteiger partial charge in [-0.05, 0) is 62.9 Å². The summed E-state index contributed by atoms with van der Waals surface area (Å²) in [6, 6.07) is 18.2. The van der Waals surface area contributed by atoms with Crippen LogP contribution in [0.5, 0.6) is 5.75 Å². The average Bonchev–Trinajstić information content (AvgIpc) is 3.25. The molecule has 3 rings (SSSR count). The van der Waals surface area contributed by atoms with E-state index >= 15 is 0 Å². The molecule has 1 fully saturated rings. The van der Waals surface area contributed by atoms with Gasteiger partial charge in [0.05, 0.1) is 18.8 Å². The summed E-state index contributed by atoms with van der Waals surface area (Å²) in [5.74, 6) is 2.08. The number of benzene rings is 2. The van der Waals surface area contributed by atoms with E-state index in [0.717, 1.165) is 49.9 Å². The molecule has 31 heavy (non-hydrogen) atoms. The lowest BCUT2D eigenvalue weighted by atomic mass is 10.1. The number of hydrogen-bond donors (Lipinski definition) is 3. The predicted octanol–water partition coefficient (Wildman–Crippen LogP) is 3.59. The molecule has 1 saturated heterocycles. The van der Waals surface area contributed by atoms with Gasteiger partial charge in [-0.1, -0.05) is 30.3 Å². The van der Waals surface area contributed by atoms with Crippen molar-refractivity contribution in [3.05, 3.63) is 60.2 Å². The van der Waals surface area contributed by atoms with Crippen LogP contribution < -0.4 is 20.3 Å². The summed E-state index contributed by atoms with van der Waals surface area (Å²) in [5, 5.41) is 17.4. The molecule has 1 aliphatic heterocycles. The molecule has 2 aromatic carbocycles. The second kappa shape index (κ2) is 11.6. The first-order chi connectivity index (χ1) is 15.0. The van der Waals surface area contributed by atoms with E-state index in [1.807, 2.05) is 45.0 Å². The summed E-state index contributed by atoms with van der Waals surface area (Å²) in [5.41, 5.74) is 2.10. The number of aliphatic hydroxyl groups is 1. The van der Waals surface area contributed by atoms with Gasteiger partial charge in [0, 0.05) is 31.9 Å². The van der Waals surface area contributed by atoms with Crippen LogP contribution in [0, 0.1) is 5.92 Å². The van der Waals surface area contributed by atoms with E-state index in [1.54, 1.807) is 0 Å². The first kappa shape index (κ1) is 22.9. The highest BCUT2D eigenvalue weighted by Crippen LogP contribution is 2.23. The number of para-hydroxylation sites is 1. The van der Waals surface area contributed by atoms with E-state index < -0.39 is 6.10 Å². The number of aliphatic hydroxyl groups excluding tert-OH is 1. The Balaban J connectivity index is 1.52. The van der Waals surface area contributed by atoms with Crippen molar-refractivity contribution in [2.45, 2.75) is 39.4 Å². The lowest BCUT2D eigenvalue weighted by Gasteiger charge is -2.19. The maximum absolute atomic E-state index is 10.6. The fraction of sp³-hybridized carbons (Fsp3) is 0.480. The minimum Gasteiger partial charge on any atom is -0.491 e. The topological polar surface area (TPSA) is 69.1 Å². The van der Waals surface area contributed by atoms with Gasteiger partial charge in [-0.25, -0.2) is 0 Å². The summed E-state index contributed by atoms with van der Waals surface area (Å²) in [6.07, 6.45) is 0.585. The normalized spacial score (nSPS) is 17.6. The second-order valence-electron chi connectivity index (χ2n) is 8.29. The molecule has 0 radical (unpaired) electrons. The van der Waals surface area contributed by atoms with Crippen molar-refractivity contribution < 1.29 is 9.84 Å². The molecule has 0 spiro atoms. The first-order valence-corrected chi connectivity index (χ1v) is 11.3. The van der Waals surface area contributed by atoms with Crippen molar-refractivity contribution in [1.82, 2.24) is 10.6 Å². The van der Waals surface area contributed by atoms with E-state index in [2.05, 4.69) is 50.9 Å². The smallest absolute Gasteiger partial charge is 0.191 e. The van der Waals surface area contributed by atoms with Crippen molar-refractivity contribution in [2.75, 3.05) is 37.6 Å². The van der Waals surface area contributed by atoms with E-state index in [9.17, 15) is 5.11 Å². The number of nitrogens with one attached hydrogen (secondary N) is 2. The molecular weight excluding hydrogens is 388 g/mol. The zero-order valence-corrected chi connectivity index (χ0v) is 18.9. The fourth-order valence-corrected chi connectivity index (χ4v) is 3.81. The Bertz CT molecular complexity index is 825. The molecule has 6 heteroatoms. The van der Waals surface area contributed by atoms with Gasteiger partial charge in [-0.15, -0.1) is 0 Å². The van der Waals surface area contributed by atoms with Crippen molar-refractivity contribution in [3.8, 4) is 5.75 Å². The lowest BCUT2D eigenvalue weighted by molar-refractivity contribution is 0.185. The standard InChI is InChI=1S/C25H36N4O2/c1-4-26-25(27-16-20-13-14-29(18-20)22-10-6-5-7-11-22)28-17-24(30)21-9-8-12-23(15-21)31-19(2)3/h5-12,15,19-20,24,30H,4,13-14,16-18H2,1-3H3,(H2,26,27,28). The largest absolute Gasteiger partial charge is 0.491 e. The summed E-state index contributed by atoms with van der Waals surface area (Å²) < 4.78 is 5.73. The second-order valence-corrected chi connectivity index (χ2v) is 8.29. The first-order valence-electron chi connectivity index (χ1n) is 11.3. The van der Waals surface area contributed by atoms with Crippen LogP contribution in [0.2, 0.25) is 0 Å². The highest BCUT2D eigenvalue weighted by molar-refractivity contribution is 5.79. The molecule has 3 N–H and O–H groups in total. The third-order valence-electron chi connectivity index (χ3n) is 5.35. The predicted molar refractivity (Wildman–Crippen MR) is 128 cm³/mol. The lowest BCUT2D eigenvalue weighted by Crippen LogP contribution is -2.40. The molecule has 2 aromatic rings. The zero-order chi connectivity index (χ0) is 22.1. The minimum absolute atomic E-state index is 0.100.